The van der Waals surface area contributed by atoms with E-state index in [0.717, 1.165) is 6.08 Å². The van der Waals surface area contributed by atoms with E-state index in [2.05, 4.69) is 12.4 Å². The second-order valence-corrected chi connectivity index (χ2v) is 1.08. The monoisotopic (exact) mass is 104 g/mol. The lowest BCUT2D eigenvalue weighted by Gasteiger charge is -2.17. The molecule has 4 nitrogen and oxygen atoms in total. The van der Waals surface area contributed by atoms with Gasteiger partial charge in [-0.25, -0.2) is 0 Å². The van der Waals surface area contributed by atoms with Gasteiger partial charge in [0.1, 0.15) is 0 Å². The molecule has 0 spiro atoms. The first-order chi connectivity index (χ1) is 3.18. The summed E-state index contributed by atoms with van der Waals surface area (Å²) >= 11 is 0. The highest BCUT2D eigenvalue weighted by molar-refractivity contribution is 4.67. The number of hydrogen-bond donors (Lipinski definition) is 3. The van der Waals surface area contributed by atoms with Crippen molar-refractivity contribution in [3.63, 3.8) is 0 Å². The van der Waals surface area contributed by atoms with Gasteiger partial charge in [0.25, 0.3) is 0 Å². The number of rotatable bonds is 2. The van der Waals surface area contributed by atoms with E-state index in [9.17, 15) is 5.21 Å². The molecule has 4 heteroatoms. The molecule has 42 valence electrons. The van der Waals surface area contributed by atoms with Crippen molar-refractivity contribution in [2.45, 2.75) is 6.23 Å². The van der Waals surface area contributed by atoms with Crippen LogP contribution in [0.15, 0.2) is 12.7 Å². The highest BCUT2D eigenvalue weighted by atomic mass is 16.6. The molecular formula is C3H8N2O2. The zero-order valence-corrected chi connectivity index (χ0v) is 3.79. The Balaban J connectivity index is 3.33. The van der Waals surface area contributed by atoms with Crippen LogP contribution < -0.4 is 11.0 Å². The van der Waals surface area contributed by atoms with Crippen molar-refractivity contribution < 1.29 is 10.3 Å². The number of nitrogens with two attached hydrogens (primary N) is 1. The zero-order valence-electron chi connectivity index (χ0n) is 3.79. The van der Waals surface area contributed by atoms with Crippen LogP contribution in [-0.4, -0.2) is 11.3 Å². The van der Waals surface area contributed by atoms with Crippen LogP contribution in [0.2, 0.25) is 0 Å². The van der Waals surface area contributed by atoms with Gasteiger partial charge in [-0.2, -0.15) is 5.84 Å². The van der Waals surface area contributed by atoms with Crippen molar-refractivity contribution in [2.75, 3.05) is 0 Å². The first kappa shape index (κ1) is 6.58. The zero-order chi connectivity index (χ0) is 5.86. The van der Waals surface area contributed by atoms with Gasteiger partial charge in [0, 0.05) is 0 Å². The van der Waals surface area contributed by atoms with E-state index in [1.54, 1.807) is 0 Å². The van der Waals surface area contributed by atoms with Gasteiger partial charge in [0.2, 0.25) is 6.23 Å². The van der Waals surface area contributed by atoms with Crippen molar-refractivity contribution in [1.82, 2.24) is 0 Å². The molecule has 0 fully saturated rings. The lowest BCUT2D eigenvalue weighted by molar-refractivity contribution is -0.903. The summed E-state index contributed by atoms with van der Waals surface area (Å²) in [4.78, 5) is 0. The average Bonchev–Trinajstić information content (AvgIpc) is 1.65. The Kier molecular flexibility index (Phi) is 2.54. The largest absolute Gasteiger partial charge is 0.611 e. The maximum atomic E-state index is 9.83. The van der Waals surface area contributed by atoms with Crippen molar-refractivity contribution in [2.24, 2.45) is 5.84 Å². The molecule has 0 saturated carbocycles. The molecule has 4 N–H and O–H groups in total. The third-order valence-corrected chi connectivity index (χ3v) is 0.515. The minimum atomic E-state index is -1.19. The van der Waals surface area contributed by atoms with Gasteiger partial charge in [-0.1, -0.05) is 6.58 Å². The molecule has 0 heterocycles. The fourth-order valence-corrected chi connectivity index (χ4v) is 0.116. The van der Waals surface area contributed by atoms with Crippen molar-refractivity contribution in [3.8, 4) is 0 Å². The fourth-order valence-electron chi connectivity index (χ4n) is 0.116. The summed E-state index contributed by atoms with van der Waals surface area (Å²) in [7, 11) is 0. The van der Waals surface area contributed by atoms with Gasteiger partial charge in [-0.3, -0.25) is 5.17 Å². The summed E-state index contributed by atoms with van der Waals surface area (Å²) in [5, 5.41) is 17.4. The highest BCUT2D eigenvalue weighted by Gasteiger charge is 1.97. The number of hydroxylamine groups is 1. The molecule has 2 unspecified atom stereocenters. The summed E-state index contributed by atoms with van der Waals surface area (Å²) < 4.78 is 0. The molecule has 0 amide bonds. The van der Waals surface area contributed by atoms with Gasteiger partial charge < -0.3 is 10.3 Å². The van der Waals surface area contributed by atoms with Crippen molar-refractivity contribution >= 4 is 0 Å². The van der Waals surface area contributed by atoms with Gasteiger partial charge in [-0.15, -0.1) is 0 Å². The Morgan fingerprint density at radius 1 is 2.00 bits per heavy atom. The lowest BCUT2D eigenvalue weighted by atomic mass is 10.6. The van der Waals surface area contributed by atoms with Crippen molar-refractivity contribution in [3.05, 3.63) is 17.9 Å². The summed E-state index contributed by atoms with van der Waals surface area (Å²) in [6.07, 6.45) is -0.123. The second-order valence-electron chi connectivity index (χ2n) is 1.08. The van der Waals surface area contributed by atoms with Gasteiger partial charge in [0.15, 0.2) is 0 Å². The average molecular weight is 104 g/mol. The third-order valence-electron chi connectivity index (χ3n) is 0.515. The Hall–Kier alpha value is -0.420. The Bertz CT molecular complexity index is 64.0. The first-order valence-corrected chi connectivity index (χ1v) is 1.78. The maximum absolute atomic E-state index is 9.83. The normalized spacial score (nSPS) is 18.1. The van der Waals surface area contributed by atoms with E-state index in [0.29, 0.717) is 0 Å². The van der Waals surface area contributed by atoms with Crippen LogP contribution in [0.4, 0.5) is 0 Å². The predicted octanol–water partition coefficient (Wildman–Crippen LogP) is -2.25. The van der Waals surface area contributed by atoms with Gasteiger partial charge in [-0.05, 0) is 6.08 Å². The molecule has 0 bridgehead atoms. The van der Waals surface area contributed by atoms with Crippen LogP contribution in [0.5, 0.6) is 0 Å². The smallest absolute Gasteiger partial charge is 0.225 e. The molecule has 0 aliphatic heterocycles. The number of aliphatic hydroxyl groups is 1. The van der Waals surface area contributed by atoms with E-state index in [-0.39, 0.29) is 0 Å². The van der Waals surface area contributed by atoms with E-state index in [4.69, 9.17) is 5.11 Å². The lowest BCUT2D eigenvalue weighted by Crippen LogP contribution is -3.16. The molecule has 2 atom stereocenters. The van der Waals surface area contributed by atoms with Crippen LogP contribution >= 0.6 is 0 Å². The summed E-state index contributed by atoms with van der Waals surface area (Å²) in [6.45, 7) is 3.13. The van der Waals surface area contributed by atoms with Gasteiger partial charge >= 0.3 is 0 Å². The summed E-state index contributed by atoms with van der Waals surface area (Å²) in [6, 6.07) is 0. The van der Waals surface area contributed by atoms with Gasteiger partial charge in [0.05, 0.1) is 0 Å². The number of nitrogens with one attached hydrogen (secondary N) is 1. The number of hydrogen-bond acceptors (Lipinski definition) is 3. The van der Waals surface area contributed by atoms with E-state index >= 15 is 0 Å². The van der Waals surface area contributed by atoms with Crippen LogP contribution in [0.25, 0.3) is 0 Å². The van der Waals surface area contributed by atoms with E-state index in [1.165, 1.54) is 0 Å². The molecule has 0 aromatic heterocycles. The minimum absolute atomic E-state index is 0.769. The van der Waals surface area contributed by atoms with Crippen LogP contribution in [0.1, 0.15) is 0 Å². The molecule has 0 radical (unpaired) electrons. The summed E-state index contributed by atoms with van der Waals surface area (Å²) in [5.41, 5.74) is 0. The SMILES string of the molecule is C=CC(O)[NH+](N)[O-]. The van der Waals surface area contributed by atoms with Crippen LogP contribution in [0.3, 0.4) is 0 Å². The quantitative estimate of drug-likeness (QED) is 0.160. The first-order valence-electron chi connectivity index (χ1n) is 1.78. The Morgan fingerprint density at radius 3 is 2.43 bits per heavy atom. The standard InChI is InChI=1S/C3H8N2O2/c1-2-3(6)5(4)7/h2-3,5-6H,1,4H2. The van der Waals surface area contributed by atoms with E-state index in [1.807, 2.05) is 0 Å². The molecule has 0 aliphatic carbocycles. The Morgan fingerprint density at radius 2 is 2.43 bits per heavy atom. The Labute approximate surface area is 41.4 Å². The minimum Gasteiger partial charge on any atom is -0.611 e. The summed E-state index contributed by atoms with van der Waals surface area (Å²) in [5.74, 6) is 4.59. The second kappa shape index (κ2) is 2.70. The molecule has 0 rings (SSSR count). The third kappa shape index (κ3) is 2.30. The molecule has 0 aliphatic rings. The van der Waals surface area contributed by atoms with Crippen molar-refractivity contribution in [1.29, 1.82) is 0 Å². The number of quaternary nitrogens is 1. The highest BCUT2D eigenvalue weighted by Crippen LogP contribution is 1.61. The maximum Gasteiger partial charge on any atom is 0.225 e. The molecule has 0 aromatic rings. The molecule has 0 aromatic carbocycles. The van der Waals surface area contributed by atoms with Crippen LogP contribution in [0, 0.1) is 5.21 Å². The topological polar surface area (TPSA) is 73.8 Å². The molecule has 0 saturated heterocycles. The molecule has 7 heavy (non-hydrogen) atoms. The van der Waals surface area contributed by atoms with E-state index < -0.39 is 11.4 Å². The number of aliphatic hydroxyl groups excluding tert-OH is 1. The molecular weight excluding hydrogens is 96.0 g/mol. The fraction of sp³-hybridized carbons (Fsp3) is 0.333. The van der Waals surface area contributed by atoms with Crippen LogP contribution in [-0.2, 0) is 0 Å². The predicted molar refractivity (Wildman–Crippen MR) is 24.7 cm³/mol.